The highest BCUT2D eigenvalue weighted by molar-refractivity contribution is 6.62. The Morgan fingerprint density at radius 1 is 1.28 bits per heavy atom. The molecule has 2 aliphatic rings. The Bertz CT molecular complexity index is 856. The van der Waals surface area contributed by atoms with Gasteiger partial charge in [-0.15, -0.1) is 0 Å². The molecule has 1 aromatic heterocycles. The molecular weight excluding hydrogens is 369 g/mol. The van der Waals surface area contributed by atoms with Crippen molar-refractivity contribution in [2.75, 3.05) is 11.4 Å². The first-order valence-electron chi connectivity index (χ1n) is 9.93. The number of hydrogen-bond donors (Lipinski definition) is 0. The number of anilines is 1. The van der Waals surface area contributed by atoms with Crippen LogP contribution in [0.2, 0.25) is 0 Å². The molecule has 1 atom stereocenters. The van der Waals surface area contributed by atoms with Crippen molar-refractivity contribution in [1.29, 1.82) is 5.26 Å². The minimum atomic E-state index is -0.617. The van der Waals surface area contributed by atoms with Crippen molar-refractivity contribution in [3.05, 3.63) is 17.8 Å². The summed E-state index contributed by atoms with van der Waals surface area (Å²) in [5.41, 5.74) is -0.485. The van der Waals surface area contributed by atoms with E-state index < -0.39 is 35.4 Å². The molecule has 1 aromatic rings. The lowest BCUT2D eigenvalue weighted by molar-refractivity contribution is 0.00578. The number of nitrogens with zero attached hydrogens (tertiary/aromatic N) is 3. The lowest BCUT2D eigenvalue weighted by atomic mass is 9.75. The third-order valence-corrected chi connectivity index (χ3v) is 5.91. The van der Waals surface area contributed by atoms with Crippen LogP contribution in [0.5, 0.6) is 0 Å². The summed E-state index contributed by atoms with van der Waals surface area (Å²) in [6.45, 7) is 15.8. The number of fused-ring (bicyclic) bond motifs is 1. The molecule has 0 saturated carbocycles. The molecule has 156 valence electrons. The lowest BCUT2D eigenvalue weighted by Gasteiger charge is -2.32. The zero-order chi connectivity index (χ0) is 21.8. The fourth-order valence-corrected chi connectivity index (χ4v) is 3.54. The molecule has 0 bridgehead atoms. The Kier molecular flexibility index (Phi) is 5.00. The van der Waals surface area contributed by atoms with Crippen molar-refractivity contribution in [2.45, 2.75) is 84.0 Å². The topological polar surface area (TPSA) is 84.7 Å². The van der Waals surface area contributed by atoms with E-state index in [-0.39, 0.29) is 6.42 Å². The van der Waals surface area contributed by atoms with E-state index in [9.17, 15) is 10.1 Å². The van der Waals surface area contributed by atoms with Crippen LogP contribution in [0.3, 0.4) is 0 Å². The minimum Gasteiger partial charge on any atom is -0.443 e. The molecule has 0 N–H and O–H groups in total. The van der Waals surface area contributed by atoms with Gasteiger partial charge in [0.2, 0.25) is 0 Å². The Labute approximate surface area is 173 Å². The molecule has 3 heterocycles. The van der Waals surface area contributed by atoms with Crippen molar-refractivity contribution in [1.82, 2.24) is 4.98 Å². The highest BCUT2D eigenvalue weighted by atomic mass is 16.7. The maximum absolute atomic E-state index is 12.8. The predicted molar refractivity (Wildman–Crippen MR) is 111 cm³/mol. The van der Waals surface area contributed by atoms with Crippen LogP contribution in [0.1, 0.15) is 67.4 Å². The van der Waals surface area contributed by atoms with E-state index in [1.807, 2.05) is 61.5 Å². The highest BCUT2D eigenvalue weighted by Gasteiger charge is 2.53. The summed E-state index contributed by atoms with van der Waals surface area (Å²) in [7, 11) is -0.556. The van der Waals surface area contributed by atoms with Crippen molar-refractivity contribution in [3.8, 4) is 6.07 Å². The fraction of sp³-hybridized carbons (Fsp3) is 0.667. The molecule has 0 aromatic carbocycles. The Morgan fingerprint density at radius 2 is 1.86 bits per heavy atom. The van der Waals surface area contributed by atoms with Gasteiger partial charge in [-0.1, -0.05) is 13.0 Å². The smallest absolute Gasteiger partial charge is 0.443 e. The maximum atomic E-state index is 12.8. The number of carbonyl (C=O) groups is 1. The summed E-state index contributed by atoms with van der Waals surface area (Å²) in [6, 6.07) is 4.20. The van der Waals surface area contributed by atoms with Crippen molar-refractivity contribution >= 4 is 24.5 Å². The molecule has 0 aliphatic carbocycles. The number of ether oxygens (including phenoxy) is 1. The van der Waals surface area contributed by atoms with Gasteiger partial charge in [0.05, 0.1) is 17.3 Å². The van der Waals surface area contributed by atoms with Gasteiger partial charge in [0, 0.05) is 35.6 Å². The molecule has 2 aliphatic heterocycles. The second kappa shape index (κ2) is 6.71. The van der Waals surface area contributed by atoms with Gasteiger partial charge >= 0.3 is 13.2 Å². The molecule has 0 radical (unpaired) electrons. The highest BCUT2D eigenvalue weighted by Crippen LogP contribution is 2.42. The Hall–Kier alpha value is -2.11. The first-order valence-corrected chi connectivity index (χ1v) is 9.93. The van der Waals surface area contributed by atoms with E-state index in [0.717, 1.165) is 11.0 Å². The van der Waals surface area contributed by atoms with Crippen LogP contribution in [0, 0.1) is 11.3 Å². The zero-order valence-electron chi connectivity index (χ0n) is 18.6. The van der Waals surface area contributed by atoms with Crippen molar-refractivity contribution in [3.63, 3.8) is 0 Å². The average molecular weight is 399 g/mol. The van der Waals surface area contributed by atoms with E-state index in [0.29, 0.717) is 12.4 Å². The predicted octanol–water partition coefficient (Wildman–Crippen LogP) is 3.31. The van der Waals surface area contributed by atoms with Crippen LogP contribution in [0.15, 0.2) is 12.3 Å². The summed E-state index contributed by atoms with van der Waals surface area (Å²) in [4.78, 5) is 18.8. The molecule has 29 heavy (non-hydrogen) atoms. The third-order valence-electron chi connectivity index (χ3n) is 5.91. The van der Waals surface area contributed by atoms with Gasteiger partial charge in [0.1, 0.15) is 11.4 Å². The number of carbonyl (C=O) groups excluding carboxylic acids is 1. The molecule has 1 amide bonds. The van der Waals surface area contributed by atoms with Gasteiger partial charge in [-0.25, -0.2) is 9.78 Å². The Morgan fingerprint density at radius 3 is 2.38 bits per heavy atom. The zero-order valence-corrected chi connectivity index (χ0v) is 18.6. The quantitative estimate of drug-likeness (QED) is 0.710. The van der Waals surface area contributed by atoms with Crippen molar-refractivity contribution < 1.29 is 18.8 Å². The second-order valence-corrected chi connectivity index (χ2v) is 10.2. The molecule has 1 unspecified atom stereocenters. The van der Waals surface area contributed by atoms with Gasteiger partial charge in [-0.2, -0.15) is 5.26 Å². The monoisotopic (exact) mass is 399 g/mol. The summed E-state index contributed by atoms with van der Waals surface area (Å²) in [5.74, 6) is 0.525. The summed E-state index contributed by atoms with van der Waals surface area (Å²) in [5, 5.41) is 9.39. The number of amides is 1. The van der Waals surface area contributed by atoms with E-state index in [2.05, 4.69) is 11.1 Å². The van der Waals surface area contributed by atoms with Gasteiger partial charge in [-0.05, 0) is 48.5 Å². The van der Waals surface area contributed by atoms with Gasteiger partial charge in [-0.3, -0.25) is 4.90 Å². The van der Waals surface area contributed by atoms with E-state index >= 15 is 0 Å². The first kappa shape index (κ1) is 21.6. The number of pyridine rings is 1. The third kappa shape index (κ3) is 3.86. The SMILES string of the molecule is CC(C)(C)OC(=O)N1CC(C)(CC#N)c2cc(B3OC(C)(C)C(C)(C)O3)cnc21. The van der Waals surface area contributed by atoms with E-state index in [1.165, 1.54) is 4.90 Å². The standard InChI is InChI=1S/C21H30BN3O4/c1-18(2,3)27-17(26)25-13-21(8,9-10-23)15-11-14(12-24-16(15)25)22-28-19(4,5)20(6,7)29-22/h11-12H,9,13H2,1-8H3. The Balaban J connectivity index is 1.98. The fourth-order valence-electron chi connectivity index (χ4n) is 3.54. The largest absolute Gasteiger partial charge is 0.496 e. The normalized spacial score (nSPS) is 24.9. The molecule has 7 nitrogen and oxygen atoms in total. The van der Waals surface area contributed by atoms with Crippen LogP contribution < -0.4 is 10.4 Å². The maximum Gasteiger partial charge on any atom is 0.496 e. The number of aromatic nitrogens is 1. The molecule has 0 spiro atoms. The number of hydrogen-bond acceptors (Lipinski definition) is 6. The van der Waals surface area contributed by atoms with Gasteiger partial charge < -0.3 is 14.0 Å². The van der Waals surface area contributed by atoms with Gasteiger partial charge in [0.15, 0.2) is 0 Å². The summed E-state index contributed by atoms with van der Waals surface area (Å²) in [6.07, 6.45) is 1.47. The molecule has 1 saturated heterocycles. The van der Waals surface area contributed by atoms with E-state index in [1.54, 1.807) is 6.20 Å². The van der Waals surface area contributed by atoms with Crippen molar-refractivity contribution in [2.24, 2.45) is 0 Å². The number of nitriles is 1. The second-order valence-electron chi connectivity index (χ2n) is 10.2. The van der Waals surface area contributed by atoms with Crippen LogP contribution in [0.4, 0.5) is 10.6 Å². The average Bonchev–Trinajstić information content (AvgIpc) is 2.97. The van der Waals surface area contributed by atoms with Crippen LogP contribution in [-0.2, 0) is 19.5 Å². The molecule has 3 rings (SSSR count). The lowest BCUT2D eigenvalue weighted by Crippen LogP contribution is -2.41. The summed E-state index contributed by atoms with van der Waals surface area (Å²) < 4.78 is 17.8. The van der Waals surface area contributed by atoms with Crippen LogP contribution >= 0.6 is 0 Å². The molecule has 1 fully saturated rings. The van der Waals surface area contributed by atoms with E-state index in [4.69, 9.17) is 14.0 Å². The molecular formula is C21H30BN3O4. The minimum absolute atomic E-state index is 0.258. The number of rotatable bonds is 2. The van der Waals surface area contributed by atoms with Gasteiger partial charge in [0.25, 0.3) is 0 Å². The first-order chi connectivity index (χ1) is 13.2. The molecule has 8 heteroatoms. The van der Waals surface area contributed by atoms with Crippen LogP contribution in [-0.4, -0.2) is 41.5 Å². The van der Waals surface area contributed by atoms with Crippen LogP contribution in [0.25, 0.3) is 0 Å². The summed E-state index contributed by atoms with van der Waals surface area (Å²) >= 11 is 0.